The third kappa shape index (κ3) is 10.4. The summed E-state index contributed by atoms with van der Waals surface area (Å²) >= 11 is 0. The molecule has 202 valence electrons. The Balaban J connectivity index is 0.00000342. The average Bonchev–Trinajstić information content (AvgIpc) is 2.81. The summed E-state index contributed by atoms with van der Waals surface area (Å²) in [6.07, 6.45) is 5.22. The largest absolute Gasteiger partial charge is 0.387 e. The lowest BCUT2D eigenvalue weighted by molar-refractivity contribution is 0.0980. The van der Waals surface area contributed by atoms with Gasteiger partial charge in [0.1, 0.15) is 0 Å². The first-order valence-corrected chi connectivity index (χ1v) is 13.5. The highest BCUT2D eigenvalue weighted by Crippen LogP contribution is 2.25. The number of aromatic nitrogens is 1. The maximum Gasteiger partial charge on any atom is 0.264 e. The molecule has 0 bridgehead atoms. The lowest BCUT2D eigenvalue weighted by atomic mass is 9.93. The number of aliphatic hydroxyl groups excluding tert-OH is 1. The molecule has 3 aromatic rings. The Bertz CT molecular complexity index is 1240. The van der Waals surface area contributed by atoms with E-state index in [-0.39, 0.29) is 24.8 Å². The van der Waals surface area contributed by atoms with Crippen LogP contribution in [-0.4, -0.2) is 43.8 Å². The number of nitrogens with one attached hydrogen (secondary N) is 2. The molecule has 0 aliphatic carbocycles. The number of nitrogens with zero attached hydrogens (tertiary/aromatic N) is 1. The van der Waals surface area contributed by atoms with Crippen LogP contribution in [0.25, 0.3) is 11.1 Å². The van der Waals surface area contributed by atoms with E-state index >= 15 is 0 Å². The number of carbonyl (C=O) groups excluding carboxylic acids is 1. The highest BCUT2D eigenvalue weighted by molar-refractivity contribution is 7.89. The molecule has 1 atom stereocenters. The maximum absolute atomic E-state index is 12.5. The summed E-state index contributed by atoms with van der Waals surface area (Å²) in [4.78, 5) is 16.5. The molecular weight excluding hydrogens is 533 g/mol. The van der Waals surface area contributed by atoms with Crippen molar-refractivity contribution in [3.8, 4) is 11.1 Å². The second kappa shape index (κ2) is 15.1. The van der Waals surface area contributed by atoms with Crippen molar-refractivity contribution in [2.24, 2.45) is 5.92 Å². The second-order valence-corrected chi connectivity index (χ2v) is 10.9. The van der Waals surface area contributed by atoms with E-state index in [1.165, 1.54) is 5.56 Å². The van der Waals surface area contributed by atoms with Crippen LogP contribution in [0.5, 0.6) is 0 Å². The summed E-state index contributed by atoms with van der Waals surface area (Å²) in [7, 11) is -3.63. The Labute approximate surface area is 232 Å². The van der Waals surface area contributed by atoms with Crippen LogP contribution in [0.3, 0.4) is 0 Å². The monoisotopic (exact) mass is 567 g/mol. The number of aliphatic hydroxyl groups is 1. The zero-order chi connectivity index (χ0) is 25.4. The van der Waals surface area contributed by atoms with Crippen molar-refractivity contribution in [2.75, 3.05) is 19.3 Å². The van der Waals surface area contributed by atoms with Gasteiger partial charge in [-0.2, -0.15) is 0 Å². The number of rotatable bonds is 11. The second-order valence-electron chi connectivity index (χ2n) is 9.13. The van der Waals surface area contributed by atoms with Crippen molar-refractivity contribution in [1.29, 1.82) is 0 Å². The van der Waals surface area contributed by atoms with Crippen molar-refractivity contribution < 1.29 is 18.3 Å². The van der Waals surface area contributed by atoms with Gasteiger partial charge in [0.05, 0.1) is 12.4 Å². The van der Waals surface area contributed by atoms with E-state index < -0.39 is 22.0 Å². The van der Waals surface area contributed by atoms with Crippen molar-refractivity contribution in [3.05, 3.63) is 89.2 Å². The molecule has 0 saturated heterocycles. The molecule has 0 fully saturated rings. The Morgan fingerprint density at radius 3 is 2.30 bits per heavy atom. The quantitative estimate of drug-likeness (QED) is 0.297. The highest BCUT2D eigenvalue weighted by Gasteiger charge is 2.17. The van der Waals surface area contributed by atoms with Gasteiger partial charge in [0.25, 0.3) is 5.91 Å². The molecular formula is C27H35Cl2N3O4S. The molecule has 3 rings (SSSR count). The normalized spacial score (nSPS) is 11.8. The fourth-order valence-corrected chi connectivity index (χ4v) is 4.30. The van der Waals surface area contributed by atoms with Gasteiger partial charge in [-0.15, -0.1) is 24.8 Å². The molecule has 7 nitrogen and oxygen atoms in total. The number of benzene rings is 2. The first-order valence-electron chi connectivity index (χ1n) is 11.7. The Hall–Kier alpha value is -2.49. The molecule has 0 aliphatic heterocycles. The van der Waals surface area contributed by atoms with Crippen LogP contribution in [0.1, 0.15) is 47.0 Å². The van der Waals surface area contributed by atoms with E-state index in [1.54, 1.807) is 18.5 Å². The first kappa shape index (κ1) is 32.5. The van der Waals surface area contributed by atoms with Gasteiger partial charge in [-0.1, -0.05) is 56.3 Å². The first-order chi connectivity index (χ1) is 16.6. The van der Waals surface area contributed by atoms with Gasteiger partial charge in [-0.3, -0.25) is 9.78 Å². The van der Waals surface area contributed by atoms with Crippen molar-refractivity contribution in [2.45, 2.75) is 32.8 Å². The Morgan fingerprint density at radius 1 is 1.03 bits per heavy atom. The summed E-state index contributed by atoms with van der Waals surface area (Å²) in [5, 5.41) is 13.5. The zero-order valence-electron chi connectivity index (χ0n) is 21.2. The van der Waals surface area contributed by atoms with Crippen LogP contribution >= 0.6 is 24.8 Å². The molecule has 10 heteroatoms. The van der Waals surface area contributed by atoms with E-state index in [0.29, 0.717) is 24.4 Å². The topological polar surface area (TPSA) is 108 Å². The van der Waals surface area contributed by atoms with E-state index in [1.807, 2.05) is 36.4 Å². The van der Waals surface area contributed by atoms with Crippen LogP contribution in [0.4, 0.5) is 0 Å². The Morgan fingerprint density at radius 2 is 1.70 bits per heavy atom. The number of carbonyl (C=O) groups is 1. The van der Waals surface area contributed by atoms with Crippen molar-refractivity contribution in [3.63, 3.8) is 0 Å². The number of sulfonamides is 1. The SMILES string of the molecule is CC(C)Cc1cc(-c2ccc(CCNC[C@H](O)c3cccnc3)cc2)ccc1C(=O)NS(C)(=O)=O.Cl.Cl. The van der Waals surface area contributed by atoms with Gasteiger partial charge in [0.15, 0.2) is 0 Å². The highest BCUT2D eigenvalue weighted by atomic mass is 35.5. The standard InChI is InChI=1S/C27H33N3O4S.2ClH/c1-19(2)15-24-16-22(10-11-25(24)27(32)30-35(3,33)34)21-8-6-20(7-9-21)12-14-29-18-26(31)23-5-4-13-28-17-23;;/h4-11,13,16-17,19,26,29,31H,12,14-15,18H2,1-3H3,(H,30,32);2*1H/t26-;;/m0../s1. The fourth-order valence-electron chi connectivity index (χ4n) is 3.85. The van der Waals surface area contributed by atoms with Gasteiger partial charge in [-0.05, 0) is 59.7 Å². The van der Waals surface area contributed by atoms with Crippen molar-refractivity contribution in [1.82, 2.24) is 15.0 Å². The molecule has 1 heterocycles. The van der Waals surface area contributed by atoms with Gasteiger partial charge in [0.2, 0.25) is 10.0 Å². The van der Waals surface area contributed by atoms with E-state index in [2.05, 4.69) is 41.0 Å². The van der Waals surface area contributed by atoms with Gasteiger partial charge in [0, 0.05) is 30.1 Å². The molecule has 3 N–H and O–H groups in total. The minimum Gasteiger partial charge on any atom is -0.387 e. The van der Waals surface area contributed by atoms with E-state index in [9.17, 15) is 18.3 Å². The van der Waals surface area contributed by atoms with Gasteiger partial charge in [-0.25, -0.2) is 13.1 Å². The lowest BCUT2D eigenvalue weighted by Gasteiger charge is -2.14. The van der Waals surface area contributed by atoms with Crippen LogP contribution in [-0.2, 0) is 22.9 Å². The average molecular weight is 569 g/mol. The molecule has 37 heavy (non-hydrogen) atoms. The fraction of sp³-hybridized carbons (Fsp3) is 0.333. The van der Waals surface area contributed by atoms with E-state index in [0.717, 1.165) is 41.5 Å². The molecule has 0 unspecified atom stereocenters. The lowest BCUT2D eigenvalue weighted by Crippen LogP contribution is -2.30. The van der Waals surface area contributed by atoms with Crippen LogP contribution in [0.15, 0.2) is 67.0 Å². The van der Waals surface area contributed by atoms with Crippen LogP contribution in [0.2, 0.25) is 0 Å². The summed E-state index contributed by atoms with van der Waals surface area (Å²) in [5.41, 5.74) is 5.16. The molecule has 0 radical (unpaired) electrons. The molecule has 0 saturated carbocycles. The minimum absolute atomic E-state index is 0. The molecule has 0 spiro atoms. The zero-order valence-corrected chi connectivity index (χ0v) is 23.6. The van der Waals surface area contributed by atoms with Gasteiger partial charge >= 0.3 is 0 Å². The predicted molar refractivity (Wildman–Crippen MR) is 153 cm³/mol. The summed E-state index contributed by atoms with van der Waals surface area (Å²) < 4.78 is 25.1. The molecule has 2 aromatic carbocycles. The van der Waals surface area contributed by atoms with E-state index in [4.69, 9.17) is 0 Å². The molecule has 0 aliphatic rings. The third-order valence-electron chi connectivity index (χ3n) is 5.54. The smallest absolute Gasteiger partial charge is 0.264 e. The van der Waals surface area contributed by atoms with Gasteiger partial charge < -0.3 is 10.4 Å². The number of hydrogen-bond acceptors (Lipinski definition) is 6. The Kier molecular flexibility index (Phi) is 13.2. The number of hydrogen-bond donors (Lipinski definition) is 3. The maximum atomic E-state index is 12.5. The molecule has 1 amide bonds. The third-order valence-corrected chi connectivity index (χ3v) is 6.10. The van der Waals surface area contributed by atoms with Crippen LogP contribution in [0, 0.1) is 5.92 Å². The number of amides is 1. The predicted octanol–water partition coefficient (Wildman–Crippen LogP) is 4.35. The van der Waals surface area contributed by atoms with Crippen molar-refractivity contribution >= 4 is 40.7 Å². The number of pyridine rings is 1. The minimum atomic E-state index is -3.63. The van der Waals surface area contributed by atoms with Crippen LogP contribution < -0.4 is 10.0 Å². The number of halogens is 2. The summed E-state index contributed by atoms with van der Waals surface area (Å²) in [6, 6.07) is 17.4. The summed E-state index contributed by atoms with van der Waals surface area (Å²) in [5.74, 6) is -0.298. The summed E-state index contributed by atoms with van der Waals surface area (Å²) in [6.45, 7) is 5.31. The molecule has 1 aromatic heterocycles.